The Balaban J connectivity index is 2.21. The van der Waals surface area contributed by atoms with Crippen LogP contribution in [-0.2, 0) is 0 Å². The molecule has 1 aromatic rings. The van der Waals surface area contributed by atoms with Crippen LogP contribution in [0.4, 0.5) is 11.4 Å². The second-order valence-electron chi connectivity index (χ2n) is 5.36. The fourth-order valence-corrected chi connectivity index (χ4v) is 3.06. The Morgan fingerprint density at radius 2 is 2.05 bits per heavy atom. The number of nitrogens with two attached hydrogens (primary N) is 1. The Morgan fingerprint density at radius 3 is 2.60 bits per heavy atom. The summed E-state index contributed by atoms with van der Waals surface area (Å²) in [7, 11) is 0. The molecule has 110 valence electrons. The molecule has 4 heteroatoms. The van der Waals surface area contributed by atoms with Crippen molar-refractivity contribution < 1.29 is 4.79 Å². The largest absolute Gasteiger partial charge is 0.397 e. The summed E-state index contributed by atoms with van der Waals surface area (Å²) in [5.74, 6) is -0.0605. The summed E-state index contributed by atoms with van der Waals surface area (Å²) in [6, 6.07) is 6.24. The van der Waals surface area contributed by atoms with E-state index in [0.29, 0.717) is 23.8 Å². The van der Waals surface area contributed by atoms with Crippen LogP contribution in [0.15, 0.2) is 18.2 Å². The third-order valence-electron chi connectivity index (χ3n) is 4.04. The van der Waals surface area contributed by atoms with Gasteiger partial charge in [-0.1, -0.05) is 12.8 Å². The van der Waals surface area contributed by atoms with Gasteiger partial charge in [0.15, 0.2) is 0 Å². The van der Waals surface area contributed by atoms with Crippen molar-refractivity contribution in [1.29, 1.82) is 0 Å². The summed E-state index contributed by atoms with van der Waals surface area (Å²) in [5, 5.41) is 2.80. The van der Waals surface area contributed by atoms with E-state index < -0.39 is 0 Å². The van der Waals surface area contributed by atoms with E-state index in [1.165, 1.54) is 25.7 Å². The molecular weight excluding hydrogens is 250 g/mol. The second kappa shape index (κ2) is 6.64. The third kappa shape index (κ3) is 3.06. The van der Waals surface area contributed by atoms with E-state index in [9.17, 15) is 4.79 Å². The van der Waals surface area contributed by atoms with Gasteiger partial charge in [0.2, 0.25) is 0 Å². The highest BCUT2D eigenvalue weighted by Crippen LogP contribution is 2.32. The Bertz CT molecular complexity index is 467. The van der Waals surface area contributed by atoms with Crippen molar-refractivity contribution in [2.24, 2.45) is 0 Å². The average molecular weight is 275 g/mol. The van der Waals surface area contributed by atoms with Crippen molar-refractivity contribution in [2.75, 3.05) is 23.7 Å². The topological polar surface area (TPSA) is 58.4 Å². The van der Waals surface area contributed by atoms with Gasteiger partial charge in [0.1, 0.15) is 0 Å². The van der Waals surface area contributed by atoms with Crippen molar-refractivity contribution in [3.63, 3.8) is 0 Å². The number of hydrogen-bond donors (Lipinski definition) is 2. The Kier molecular flexibility index (Phi) is 4.88. The summed E-state index contributed by atoms with van der Waals surface area (Å²) < 4.78 is 0. The molecule has 1 aliphatic rings. The van der Waals surface area contributed by atoms with Crippen LogP contribution in [0.5, 0.6) is 0 Å². The molecule has 0 atom stereocenters. The van der Waals surface area contributed by atoms with Crippen molar-refractivity contribution in [3.8, 4) is 0 Å². The molecule has 0 heterocycles. The lowest BCUT2D eigenvalue weighted by Gasteiger charge is -2.31. The molecule has 3 N–H and O–H groups in total. The summed E-state index contributed by atoms with van der Waals surface area (Å²) in [5.41, 5.74) is 8.57. The van der Waals surface area contributed by atoms with Gasteiger partial charge in [0, 0.05) is 24.7 Å². The molecule has 0 aromatic heterocycles. The van der Waals surface area contributed by atoms with Crippen LogP contribution in [0.3, 0.4) is 0 Å². The first-order chi connectivity index (χ1) is 9.67. The van der Waals surface area contributed by atoms with Crippen LogP contribution < -0.4 is 16.0 Å². The lowest BCUT2D eigenvalue weighted by molar-refractivity contribution is 0.0956. The molecule has 1 amide bonds. The minimum atomic E-state index is -0.0605. The van der Waals surface area contributed by atoms with E-state index in [1.54, 1.807) is 6.07 Å². The van der Waals surface area contributed by atoms with E-state index in [0.717, 1.165) is 12.2 Å². The van der Waals surface area contributed by atoms with Crippen LogP contribution in [0.1, 0.15) is 49.9 Å². The molecule has 0 unspecified atom stereocenters. The molecule has 1 aromatic carbocycles. The quantitative estimate of drug-likeness (QED) is 0.812. The van der Waals surface area contributed by atoms with E-state index in [4.69, 9.17) is 5.73 Å². The van der Waals surface area contributed by atoms with Crippen molar-refractivity contribution in [3.05, 3.63) is 23.8 Å². The molecule has 2 rings (SSSR count). The molecule has 0 saturated heterocycles. The smallest absolute Gasteiger partial charge is 0.251 e. The number of nitrogens with one attached hydrogen (secondary N) is 1. The summed E-state index contributed by atoms with van der Waals surface area (Å²) in [4.78, 5) is 14.2. The maximum atomic E-state index is 11.8. The SMILES string of the molecule is CCNC(=O)c1ccc(N(CC)C2CCCC2)c(N)c1. The summed E-state index contributed by atoms with van der Waals surface area (Å²) in [6.45, 7) is 5.66. The first kappa shape index (κ1) is 14.7. The number of anilines is 2. The van der Waals surface area contributed by atoms with E-state index in [-0.39, 0.29) is 5.91 Å². The van der Waals surface area contributed by atoms with Crippen LogP contribution >= 0.6 is 0 Å². The molecule has 1 fully saturated rings. The monoisotopic (exact) mass is 275 g/mol. The Hall–Kier alpha value is -1.71. The number of nitrogens with zero attached hydrogens (tertiary/aromatic N) is 1. The zero-order valence-corrected chi connectivity index (χ0v) is 12.5. The van der Waals surface area contributed by atoms with Gasteiger partial charge in [-0.3, -0.25) is 4.79 Å². The average Bonchev–Trinajstić information content (AvgIpc) is 2.95. The van der Waals surface area contributed by atoms with Crippen LogP contribution in [-0.4, -0.2) is 25.0 Å². The first-order valence-corrected chi connectivity index (χ1v) is 7.61. The number of rotatable bonds is 5. The van der Waals surface area contributed by atoms with Crippen molar-refractivity contribution in [2.45, 2.75) is 45.6 Å². The zero-order valence-electron chi connectivity index (χ0n) is 12.5. The minimum Gasteiger partial charge on any atom is -0.397 e. The highest BCUT2D eigenvalue weighted by Gasteiger charge is 2.23. The lowest BCUT2D eigenvalue weighted by Crippen LogP contribution is -2.33. The predicted octanol–water partition coefficient (Wildman–Crippen LogP) is 2.79. The van der Waals surface area contributed by atoms with E-state index in [2.05, 4.69) is 17.1 Å². The second-order valence-corrected chi connectivity index (χ2v) is 5.36. The highest BCUT2D eigenvalue weighted by molar-refractivity contribution is 5.96. The number of benzene rings is 1. The summed E-state index contributed by atoms with van der Waals surface area (Å²) >= 11 is 0. The molecule has 0 aliphatic heterocycles. The number of amides is 1. The normalized spacial score (nSPS) is 15.3. The molecule has 20 heavy (non-hydrogen) atoms. The zero-order chi connectivity index (χ0) is 14.5. The van der Waals surface area contributed by atoms with Gasteiger partial charge in [0.05, 0.1) is 11.4 Å². The van der Waals surface area contributed by atoms with Crippen molar-refractivity contribution >= 4 is 17.3 Å². The number of hydrogen-bond acceptors (Lipinski definition) is 3. The molecule has 4 nitrogen and oxygen atoms in total. The molecule has 1 aliphatic carbocycles. The van der Waals surface area contributed by atoms with E-state index >= 15 is 0 Å². The highest BCUT2D eigenvalue weighted by atomic mass is 16.1. The summed E-state index contributed by atoms with van der Waals surface area (Å²) in [6.07, 6.45) is 5.09. The van der Waals surface area contributed by atoms with Crippen LogP contribution in [0, 0.1) is 0 Å². The predicted molar refractivity (Wildman–Crippen MR) is 84.1 cm³/mol. The van der Waals surface area contributed by atoms with Crippen LogP contribution in [0.2, 0.25) is 0 Å². The maximum absolute atomic E-state index is 11.8. The number of carbonyl (C=O) groups is 1. The molecular formula is C16H25N3O. The fraction of sp³-hybridized carbons (Fsp3) is 0.562. The maximum Gasteiger partial charge on any atom is 0.251 e. The fourth-order valence-electron chi connectivity index (χ4n) is 3.06. The van der Waals surface area contributed by atoms with Gasteiger partial charge in [-0.25, -0.2) is 0 Å². The van der Waals surface area contributed by atoms with Gasteiger partial charge in [-0.2, -0.15) is 0 Å². The first-order valence-electron chi connectivity index (χ1n) is 7.61. The lowest BCUT2D eigenvalue weighted by atomic mass is 10.1. The molecule has 0 radical (unpaired) electrons. The van der Waals surface area contributed by atoms with Gasteiger partial charge in [0.25, 0.3) is 5.91 Å². The Morgan fingerprint density at radius 1 is 1.35 bits per heavy atom. The van der Waals surface area contributed by atoms with Gasteiger partial charge < -0.3 is 16.0 Å². The third-order valence-corrected chi connectivity index (χ3v) is 4.04. The molecule has 0 spiro atoms. The molecule has 1 saturated carbocycles. The van der Waals surface area contributed by atoms with Gasteiger partial charge in [-0.05, 0) is 44.9 Å². The van der Waals surface area contributed by atoms with E-state index in [1.807, 2.05) is 19.1 Å². The van der Waals surface area contributed by atoms with Gasteiger partial charge in [-0.15, -0.1) is 0 Å². The van der Waals surface area contributed by atoms with Crippen molar-refractivity contribution in [1.82, 2.24) is 5.32 Å². The van der Waals surface area contributed by atoms with Gasteiger partial charge >= 0.3 is 0 Å². The number of nitrogen functional groups attached to an aromatic ring is 1. The van der Waals surface area contributed by atoms with Crippen LogP contribution in [0.25, 0.3) is 0 Å². The standard InChI is InChI=1S/C16H25N3O/c1-3-18-16(20)12-9-10-15(14(17)11-12)19(4-2)13-7-5-6-8-13/h9-11,13H,3-8,17H2,1-2H3,(H,18,20). The number of carbonyl (C=O) groups excluding carboxylic acids is 1. The minimum absolute atomic E-state index is 0.0605. The molecule has 0 bridgehead atoms. The Labute approximate surface area is 121 Å².